The van der Waals surface area contributed by atoms with Crippen LogP contribution in [0, 0.1) is 0 Å². The molecule has 5 aromatic heterocycles. The summed E-state index contributed by atoms with van der Waals surface area (Å²) in [5, 5.41) is 7.41. The number of benzene rings is 18. The molecule has 0 radical (unpaired) electrons. The molecular formula is C112H73Br2N7. The van der Waals surface area contributed by atoms with E-state index in [4.69, 9.17) is 19.9 Å². The maximum Gasteiger partial charge on any atom is 0.0973 e. The van der Waals surface area contributed by atoms with Crippen LogP contribution in [0.2, 0.25) is 0 Å². The molecule has 0 spiro atoms. The fourth-order valence-corrected chi connectivity index (χ4v) is 17.4. The van der Waals surface area contributed by atoms with Crippen molar-refractivity contribution in [3.8, 4) is 123 Å². The molecule has 0 aliphatic carbocycles. The maximum absolute atomic E-state index is 5.34. The fraction of sp³-hybridized carbons (Fsp3) is 0. The van der Waals surface area contributed by atoms with E-state index in [1.807, 2.05) is 72.8 Å². The SMILES string of the molecule is Brc1ccc(-c2nc3ccccc3nc2-c2ccc(Br)cc2)cc1.c1ccc(-c2ccc3[nH]c4ccc(-c5ccccc5)cc4c3c2)cc1.c1ccc(-c2ccc3c(c2)c2cc(-c4ccccc4)ccc2n3-c2ccc(-c3nc4ccccc4nc3-c3ccc(-n4c5ccc(-c6ccccc6)cc5c5cc(-c6ccccc6)ccc54)cc3)cc2)cc1. The van der Waals surface area contributed by atoms with Crippen LogP contribution in [0.15, 0.2) is 446 Å². The topological polar surface area (TPSA) is 77.2 Å². The molecule has 0 saturated carbocycles. The summed E-state index contributed by atoms with van der Waals surface area (Å²) >= 11 is 6.98. The summed E-state index contributed by atoms with van der Waals surface area (Å²) in [7, 11) is 0. The first-order chi connectivity index (χ1) is 59.8. The van der Waals surface area contributed by atoms with Crippen molar-refractivity contribution in [3.05, 3.63) is 446 Å². The van der Waals surface area contributed by atoms with Crippen molar-refractivity contribution in [1.82, 2.24) is 34.1 Å². The zero-order valence-electron chi connectivity index (χ0n) is 65.5. The smallest absolute Gasteiger partial charge is 0.0973 e. The summed E-state index contributed by atoms with van der Waals surface area (Å²) in [6.45, 7) is 0. The van der Waals surface area contributed by atoms with Gasteiger partial charge in [-0.1, -0.05) is 323 Å². The van der Waals surface area contributed by atoms with E-state index in [-0.39, 0.29) is 0 Å². The monoisotopic (exact) mass is 1670 g/mol. The quantitative estimate of drug-likeness (QED) is 0.132. The van der Waals surface area contributed by atoms with E-state index >= 15 is 0 Å². The van der Waals surface area contributed by atoms with Gasteiger partial charge in [-0.15, -0.1) is 0 Å². The number of fused-ring (bicyclic) bond motifs is 11. The molecule has 0 aliphatic rings. The van der Waals surface area contributed by atoms with Crippen molar-refractivity contribution in [2.24, 2.45) is 0 Å². The number of H-pyrrole nitrogens is 1. The molecule has 18 aromatic carbocycles. The third-order valence-corrected chi connectivity index (χ3v) is 24.0. The Labute approximate surface area is 716 Å². The summed E-state index contributed by atoms with van der Waals surface area (Å²) in [6, 6.07) is 155. The van der Waals surface area contributed by atoms with Crippen LogP contribution in [0.5, 0.6) is 0 Å². The molecule has 1 N–H and O–H groups in total. The molecule has 570 valence electrons. The molecule has 9 heteroatoms. The standard InChI is InChI=1S/C68H44N4.C24H17N.C20H12Br2N2/c1-5-15-45(16-6-1)51-29-37-63-57(41-51)58-42-52(46-17-7-2-8-18-46)30-38-64(58)71(63)55-33-25-49(26-34-55)67-68(70-62-24-14-13-23-61(62)69-67)50-27-35-56(36-28-50)72-65-39-31-53(47-19-9-3-10-20-47)43-59(65)60-44-54(32-40-66(60)72)48-21-11-4-12-22-48;1-3-7-17(8-4-1)19-11-13-23-21(15-19)22-16-20(12-14-24(22)25-23)18-9-5-2-6-10-18;21-15-9-5-13(6-10-15)19-20(14-7-11-16(22)12-8-14)24-18-4-2-1-3-17(18)23-19/h1-44H;1-16,25H;1-12H. The first-order valence-corrected chi connectivity index (χ1v) is 42.2. The van der Waals surface area contributed by atoms with Gasteiger partial charge >= 0.3 is 0 Å². The molecule has 5 heterocycles. The number of hydrogen-bond donors (Lipinski definition) is 1. The van der Waals surface area contributed by atoms with E-state index in [0.717, 1.165) is 109 Å². The summed E-state index contributed by atoms with van der Waals surface area (Å²) in [6.07, 6.45) is 0. The Balaban J connectivity index is 0.000000148. The predicted octanol–water partition coefficient (Wildman–Crippen LogP) is 31.0. The van der Waals surface area contributed by atoms with Crippen LogP contribution in [0.25, 0.3) is 211 Å². The van der Waals surface area contributed by atoms with Gasteiger partial charge in [0.1, 0.15) is 0 Å². The van der Waals surface area contributed by atoms with Crippen LogP contribution < -0.4 is 0 Å². The van der Waals surface area contributed by atoms with Gasteiger partial charge < -0.3 is 14.1 Å². The second-order valence-electron chi connectivity index (χ2n) is 30.4. The number of aromatic amines is 1. The average molecular weight is 1680 g/mol. The summed E-state index contributed by atoms with van der Waals surface area (Å²) in [5.41, 5.74) is 34.8. The number of nitrogens with one attached hydrogen (secondary N) is 1. The molecule has 23 rings (SSSR count). The van der Waals surface area contributed by atoms with E-state index in [2.05, 4.69) is 410 Å². The minimum Gasteiger partial charge on any atom is -0.355 e. The highest BCUT2D eigenvalue weighted by Gasteiger charge is 2.22. The Kier molecular flexibility index (Phi) is 19.5. The third kappa shape index (κ3) is 14.5. The number of hydrogen-bond acceptors (Lipinski definition) is 4. The summed E-state index contributed by atoms with van der Waals surface area (Å²) < 4.78 is 6.88. The second-order valence-corrected chi connectivity index (χ2v) is 32.2. The van der Waals surface area contributed by atoms with E-state index in [1.54, 1.807) is 0 Å². The average Bonchev–Trinajstić information content (AvgIpc) is 1.59. The highest BCUT2D eigenvalue weighted by Crippen LogP contribution is 2.43. The van der Waals surface area contributed by atoms with Crippen molar-refractivity contribution in [1.29, 1.82) is 0 Å². The van der Waals surface area contributed by atoms with Crippen molar-refractivity contribution in [3.63, 3.8) is 0 Å². The minimum absolute atomic E-state index is 0.842. The number of aromatic nitrogens is 7. The van der Waals surface area contributed by atoms with E-state index in [9.17, 15) is 0 Å². The number of para-hydroxylation sites is 4. The Morgan fingerprint density at radius 3 is 0.612 bits per heavy atom. The number of rotatable bonds is 12. The lowest BCUT2D eigenvalue weighted by Crippen LogP contribution is -1.98. The first kappa shape index (κ1) is 73.6. The van der Waals surface area contributed by atoms with Crippen molar-refractivity contribution in [2.45, 2.75) is 0 Å². The largest absolute Gasteiger partial charge is 0.355 e. The van der Waals surface area contributed by atoms with Crippen LogP contribution >= 0.6 is 31.9 Å². The minimum atomic E-state index is 0.842. The van der Waals surface area contributed by atoms with Crippen molar-refractivity contribution < 1.29 is 0 Å². The van der Waals surface area contributed by atoms with Crippen LogP contribution in [-0.4, -0.2) is 34.1 Å². The van der Waals surface area contributed by atoms with Gasteiger partial charge in [0.25, 0.3) is 0 Å². The lowest BCUT2D eigenvalue weighted by molar-refractivity contribution is 1.18. The van der Waals surface area contributed by atoms with Crippen molar-refractivity contribution >= 4 is 119 Å². The van der Waals surface area contributed by atoms with E-state index in [1.165, 1.54) is 110 Å². The zero-order valence-corrected chi connectivity index (χ0v) is 68.7. The normalized spacial score (nSPS) is 11.4. The number of nitrogens with zero attached hydrogens (tertiary/aromatic N) is 6. The Morgan fingerprint density at radius 1 is 0.174 bits per heavy atom. The Bertz CT molecular complexity index is 7120. The van der Waals surface area contributed by atoms with Crippen LogP contribution in [0.1, 0.15) is 0 Å². The van der Waals surface area contributed by atoms with E-state index in [0.29, 0.717) is 0 Å². The van der Waals surface area contributed by atoms with Gasteiger partial charge in [-0.05, 0) is 212 Å². The van der Waals surface area contributed by atoms with Crippen LogP contribution in [-0.2, 0) is 0 Å². The van der Waals surface area contributed by atoms with Crippen LogP contribution in [0.4, 0.5) is 0 Å². The van der Waals surface area contributed by atoms with Crippen molar-refractivity contribution in [2.75, 3.05) is 0 Å². The number of halogens is 2. The molecule has 7 nitrogen and oxygen atoms in total. The lowest BCUT2D eigenvalue weighted by Gasteiger charge is -2.14. The predicted molar refractivity (Wildman–Crippen MR) is 513 cm³/mol. The zero-order chi connectivity index (χ0) is 80.7. The molecule has 0 bridgehead atoms. The molecule has 121 heavy (non-hydrogen) atoms. The Hall–Kier alpha value is -15.0. The summed E-state index contributed by atoms with van der Waals surface area (Å²) in [5.74, 6) is 0. The molecule has 0 amide bonds. The van der Waals surface area contributed by atoms with Crippen LogP contribution in [0.3, 0.4) is 0 Å². The highest BCUT2D eigenvalue weighted by molar-refractivity contribution is 9.10. The second kappa shape index (κ2) is 32.1. The van der Waals surface area contributed by atoms with Gasteiger partial charge in [0.05, 0.1) is 66.9 Å². The van der Waals surface area contributed by atoms with Gasteiger partial charge in [-0.25, -0.2) is 19.9 Å². The summed E-state index contributed by atoms with van der Waals surface area (Å²) in [4.78, 5) is 24.0. The molecule has 0 aliphatic heterocycles. The fourth-order valence-electron chi connectivity index (χ4n) is 16.9. The molecule has 0 fully saturated rings. The molecule has 0 unspecified atom stereocenters. The van der Waals surface area contributed by atoms with Gasteiger partial charge in [-0.2, -0.15) is 0 Å². The first-order valence-electron chi connectivity index (χ1n) is 40.6. The van der Waals surface area contributed by atoms with E-state index < -0.39 is 0 Å². The Morgan fingerprint density at radius 2 is 0.372 bits per heavy atom. The van der Waals surface area contributed by atoms with Gasteiger partial charge in [0.2, 0.25) is 0 Å². The molecule has 23 aromatic rings. The molecule has 0 atom stereocenters. The third-order valence-electron chi connectivity index (χ3n) is 22.9. The van der Waals surface area contributed by atoms with Gasteiger partial charge in [0.15, 0.2) is 0 Å². The highest BCUT2D eigenvalue weighted by atomic mass is 79.9. The lowest BCUT2D eigenvalue weighted by atomic mass is 10.0. The maximum atomic E-state index is 5.34. The van der Waals surface area contributed by atoms with Gasteiger partial charge in [0, 0.05) is 85.9 Å². The molecular weight excluding hydrogens is 1600 g/mol. The van der Waals surface area contributed by atoms with Gasteiger partial charge in [-0.3, -0.25) is 0 Å². The molecule has 0 saturated heterocycles.